The molecule has 1 atom stereocenters. The summed E-state index contributed by atoms with van der Waals surface area (Å²) in [6, 6.07) is 7.81. The Bertz CT molecular complexity index is 510. The molecule has 0 fully saturated rings. The van der Waals surface area contributed by atoms with Crippen molar-refractivity contribution in [2.75, 3.05) is 13.7 Å². The predicted molar refractivity (Wildman–Crippen MR) is 67.6 cm³/mol. The fraction of sp³-hybridized carbons (Fsp3) is 0.385. The lowest BCUT2D eigenvalue weighted by Crippen LogP contribution is -2.09. The molecule has 0 radical (unpaired) electrons. The molecule has 2 N–H and O–H groups in total. The highest BCUT2D eigenvalue weighted by Gasteiger charge is 2.12. The highest BCUT2D eigenvalue weighted by atomic mass is 16.5. The van der Waals surface area contributed by atoms with Gasteiger partial charge < -0.3 is 15.0 Å². The van der Waals surface area contributed by atoms with Gasteiger partial charge in [0.05, 0.1) is 7.11 Å². The van der Waals surface area contributed by atoms with Crippen LogP contribution in [0.4, 0.5) is 0 Å². The van der Waals surface area contributed by atoms with E-state index in [1.807, 2.05) is 31.2 Å². The topological polar surface area (TPSA) is 74.2 Å². The van der Waals surface area contributed by atoms with E-state index in [4.69, 9.17) is 15.0 Å². The summed E-state index contributed by atoms with van der Waals surface area (Å²) in [6.07, 6.45) is 0.623. The van der Waals surface area contributed by atoms with Gasteiger partial charge >= 0.3 is 0 Å². The molecule has 2 rings (SSSR count). The minimum absolute atomic E-state index is 0.0940. The first-order valence-electron chi connectivity index (χ1n) is 5.88. The molecule has 1 aromatic heterocycles. The Hall–Kier alpha value is -1.88. The average Bonchev–Trinajstić information content (AvgIpc) is 2.86. The SMILES string of the molecule is COc1cccc(Cc2noc(C(C)CN)n2)c1. The summed E-state index contributed by atoms with van der Waals surface area (Å²) in [5, 5.41) is 3.95. The molecule has 0 saturated heterocycles. The van der Waals surface area contributed by atoms with Crippen LogP contribution in [0.25, 0.3) is 0 Å². The van der Waals surface area contributed by atoms with Crippen molar-refractivity contribution < 1.29 is 9.26 Å². The third-order valence-electron chi connectivity index (χ3n) is 2.76. The Labute approximate surface area is 106 Å². The van der Waals surface area contributed by atoms with E-state index in [2.05, 4.69) is 10.1 Å². The van der Waals surface area contributed by atoms with Gasteiger partial charge in [-0.15, -0.1) is 0 Å². The van der Waals surface area contributed by atoms with Crippen molar-refractivity contribution in [2.24, 2.45) is 5.73 Å². The predicted octanol–water partition coefficient (Wildman–Crippen LogP) is 1.73. The van der Waals surface area contributed by atoms with Crippen molar-refractivity contribution >= 4 is 0 Å². The molecular formula is C13H17N3O2. The summed E-state index contributed by atoms with van der Waals surface area (Å²) in [7, 11) is 1.65. The first-order valence-corrected chi connectivity index (χ1v) is 5.88. The number of aromatic nitrogens is 2. The smallest absolute Gasteiger partial charge is 0.230 e. The normalized spacial score (nSPS) is 12.4. The fourth-order valence-corrected chi connectivity index (χ4v) is 1.61. The van der Waals surface area contributed by atoms with E-state index in [-0.39, 0.29) is 5.92 Å². The van der Waals surface area contributed by atoms with Gasteiger partial charge in [0.1, 0.15) is 5.75 Å². The lowest BCUT2D eigenvalue weighted by Gasteiger charge is -2.01. The van der Waals surface area contributed by atoms with Crippen LogP contribution in [0.5, 0.6) is 5.75 Å². The number of methoxy groups -OCH3 is 1. The maximum Gasteiger partial charge on any atom is 0.230 e. The first kappa shape index (κ1) is 12.6. The van der Waals surface area contributed by atoms with E-state index in [9.17, 15) is 0 Å². The molecule has 2 aromatic rings. The molecule has 1 heterocycles. The number of rotatable bonds is 5. The van der Waals surface area contributed by atoms with Crippen LogP contribution in [-0.4, -0.2) is 23.8 Å². The molecule has 96 valence electrons. The van der Waals surface area contributed by atoms with Gasteiger partial charge in [0.15, 0.2) is 5.82 Å². The second-order valence-electron chi connectivity index (χ2n) is 4.21. The second-order valence-corrected chi connectivity index (χ2v) is 4.21. The maximum atomic E-state index is 5.56. The van der Waals surface area contributed by atoms with Crippen LogP contribution in [0.2, 0.25) is 0 Å². The van der Waals surface area contributed by atoms with Gasteiger partial charge in [0, 0.05) is 18.9 Å². The van der Waals surface area contributed by atoms with Gasteiger partial charge in [-0.25, -0.2) is 0 Å². The molecule has 5 heteroatoms. The van der Waals surface area contributed by atoms with Crippen LogP contribution < -0.4 is 10.5 Å². The van der Waals surface area contributed by atoms with Gasteiger partial charge in [-0.3, -0.25) is 0 Å². The quantitative estimate of drug-likeness (QED) is 0.871. The number of nitrogens with two attached hydrogens (primary N) is 1. The number of hydrogen-bond acceptors (Lipinski definition) is 5. The Morgan fingerprint density at radius 1 is 1.44 bits per heavy atom. The Morgan fingerprint density at radius 2 is 2.28 bits per heavy atom. The molecule has 0 aliphatic heterocycles. The van der Waals surface area contributed by atoms with E-state index in [0.717, 1.165) is 11.3 Å². The summed E-state index contributed by atoms with van der Waals surface area (Å²) in [4.78, 5) is 4.33. The number of nitrogens with zero attached hydrogens (tertiary/aromatic N) is 2. The molecule has 1 unspecified atom stereocenters. The number of hydrogen-bond donors (Lipinski definition) is 1. The molecule has 0 bridgehead atoms. The zero-order chi connectivity index (χ0) is 13.0. The highest BCUT2D eigenvalue weighted by Crippen LogP contribution is 2.16. The van der Waals surface area contributed by atoms with Crippen LogP contribution >= 0.6 is 0 Å². The molecule has 0 aliphatic rings. The standard InChI is InChI=1S/C13H17N3O2/c1-9(8-14)13-15-12(16-18-13)7-10-4-3-5-11(6-10)17-2/h3-6,9H,7-8,14H2,1-2H3. The Kier molecular flexibility index (Phi) is 3.94. The Morgan fingerprint density at radius 3 is 3.00 bits per heavy atom. The zero-order valence-corrected chi connectivity index (χ0v) is 10.6. The van der Waals surface area contributed by atoms with E-state index >= 15 is 0 Å². The van der Waals surface area contributed by atoms with Gasteiger partial charge in [0.25, 0.3) is 0 Å². The molecule has 0 spiro atoms. The average molecular weight is 247 g/mol. The van der Waals surface area contributed by atoms with Crippen LogP contribution in [0, 0.1) is 0 Å². The second kappa shape index (κ2) is 5.64. The third-order valence-corrected chi connectivity index (χ3v) is 2.76. The molecule has 0 aliphatic carbocycles. The lowest BCUT2D eigenvalue weighted by atomic mass is 10.1. The summed E-state index contributed by atoms with van der Waals surface area (Å²) in [5.41, 5.74) is 6.64. The zero-order valence-electron chi connectivity index (χ0n) is 10.6. The molecule has 5 nitrogen and oxygen atoms in total. The molecule has 0 saturated carbocycles. The maximum absolute atomic E-state index is 5.56. The minimum Gasteiger partial charge on any atom is -0.497 e. The Balaban J connectivity index is 2.11. The van der Waals surface area contributed by atoms with Gasteiger partial charge in [-0.1, -0.05) is 24.2 Å². The van der Waals surface area contributed by atoms with Gasteiger partial charge in [-0.2, -0.15) is 4.98 Å². The van der Waals surface area contributed by atoms with Gasteiger partial charge in [-0.05, 0) is 17.7 Å². The van der Waals surface area contributed by atoms with Crippen molar-refractivity contribution in [3.63, 3.8) is 0 Å². The first-order chi connectivity index (χ1) is 8.72. The molecule has 18 heavy (non-hydrogen) atoms. The van der Waals surface area contributed by atoms with Crippen molar-refractivity contribution in [3.8, 4) is 5.75 Å². The lowest BCUT2D eigenvalue weighted by molar-refractivity contribution is 0.357. The van der Waals surface area contributed by atoms with Crippen molar-refractivity contribution in [2.45, 2.75) is 19.3 Å². The van der Waals surface area contributed by atoms with Crippen LogP contribution in [-0.2, 0) is 6.42 Å². The van der Waals surface area contributed by atoms with Crippen molar-refractivity contribution in [1.29, 1.82) is 0 Å². The summed E-state index contributed by atoms with van der Waals surface area (Å²) in [6.45, 7) is 2.46. The largest absolute Gasteiger partial charge is 0.497 e. The van der Waals surface area contributed by atoms with Crippen molar-refractivity contribution in [3.05, 3.63) is 41.5 Å². The molecule has 1 aromatic carbocycles. The molecular weight excluding hydrogens is 230 g/mol. The summed E-state index contributed by atoms with van der Waals surface area (Å²) >= 11 is 0. The fourth-order valence-electron chi connectivity index (χ4n) is 1.61. The van der Waals surface area contributed by atoms with E-state index < -0.39 is 0 Å². The van der Waals surface area contributed by atoms with E-state index in [1.54, 1.807) is 7.11 Å². The van der Waals surface area contributed by atoms with Crippen LogP contribution in [0.3, 0.4) is 0 Å². The molecule has 0 amide bonds. The van der Waals surface area contributed by atoms with Crippen LogP contribution in [0.15, 0.2) is 28.8 Å². The summed E-state index contributed by atoms with van der Waals surface area (Å²) in [5.74, 6) is 2.18. The van der Waals surface area contributed by atoms with Crippen molar-refractivity contribution in [1.82, 2.24) is 10.1 Å². The third kappa shape index (κ3) is 2.87. The van der Waals surface area contributed by atoms with E-state index in [0.29, 0.717) is 24.7 Å². The van der Waals surface area contributed by atoms with Gasteiger partial charge in [0.2, 0.25) is 5.89 Å². The highest BCUT2D eigenvalue weighted by molar-refractivity contribution is 5.30. The minimum atomic E-state index is 0.0940. The number of ether oxygens (including phenoxy) is 1. The summed E-state index contributed by atoms with van der Waals surface area (Å²) < 4.78 is 10.3. The van der Waals surface area contributed by atoms with Crippen LogP contribution in [0.1, 0.15) is 30.1 Å². The van der Waals surface area contributed by atoms with E-state index in [1.165, 1.54) is 0 Å². The monoisotopic (exact) mass is 247 g/mol. The number of benzene rings is 1.